The highest BCUT2D eigenvalue weighted by atomic mass is 16.4. The maximum atomic E-state index is 11.9. The smallest absolute Gasteiger partial charge is 0.334 e. The molecule has 4 N–H and O–H groups in total. The minimum Gasteiger partial charge on any atom is -0.479 e. The lowest BCUT2D eigenvalue weighted by Gasteiger charge is -2.36. The van der Waals surface area contributed by atoms with Gasteiger partial charge in [-0.05, 0) is 32.6 Å². The number of piperidine rings is 1. The van der Waals surface area contributed by atoms with Crippen molar-refractivity contribution in [3.05, 3.63) is 0 Å². The average molecular weight is 274 g/mol. The number of aliphatic hydroxyl groups excluding tert-OH is 2. The zero-order valence-corrected chi connectivity index (χ0v) is 11.1. The number of carbonyl (C=O) groups is 2. The van der Waals surface area contributed by atoms with Crippen LogP contribution < -0.4 is 5.32 Å². The number of aliphatic hydroxyl groups is 2. The van der Waals surface area contributed by atoms with E-state index in [1.165, 1.54) is 0 Å². The van der Waals surface area contributed by atoms with E-state index in [9.17, 15) is 14.7 Å². The van der Waals surface area contributed by atoms with Crippen molar-refractivity contribution < 1.29 is 24.9 Å². The predicted octanol–water partition coefficient (Wildman–Crippen LogP) is -0.233. The third-order valence-electron chi connectivity index (χ3n) is 3.23. The van der Waals surface area contributed by atoms with Crippen LogP contribution in [0.4, 0.5) is 4.79 Å². The Bertz CT molecular complexity index is 321. The summed E-state index contributed by atoms with van der Waals surface area (Å²) in [7, 11) is 0. The fourth-order valence-electron chi connectivity index (χ4n) is 2.28. The SMILES string of the molecule is CC(O)CC1CCCCN1C(=O)NC[C@H](O)C(=O)O. The van der Waals surface area contributed by atoms with E-state index in [0.717, 1.165) is 19.3 Å². The Morgan fingerprint density at radius 1 is 1.37 bits per heavy atom. The summed E-state index contributed by atoms with van der Waals surface area (Å²) in [5.74, 6) is -1.36. The van der Waals surface area contributed by atoms with Gasteiger partial charge in [-0.3, -0.25) is 0 Å². The summed E-state index contributed by atoms with van der Waals surface area (Å²) in [6.45, 7) is 1.96. The Morgan fingerprint density at radius 3 is 2.63 bits per heavy atom. The van der Waals surface area contributed by atoms with Crippen molar-refractivity contribution in [2.75, 3.05) is 13.1 Å². The predicted molar refractivity (Wildman–Crippen MR) is 67.7 cm³/mol. The van der Waals surface area contributed by atoms with Gasteiger partial charge in [-0.25, -0.2) is 9.59 Å². The second-order valence-electron chi connectivity index (χ2n) is 4.97. The first-order valence-electron chi connectivity index (χ1n) is 6.55. The molecule has 0 bridgehead atoms. The Morgan fingerprint density at radius 2 is 2.05 bits per heavy atom. The topological polar surface area (TPSA) is 110 Å². The molecule has 2 amide bonds. The molecule has 1 saturated heterocycles. The van der Waals surface area contributed by atoms with Gasteiger partial charge in [0.05, 0.1) is 12.6 Å². The minimum atomic E-state index is -1.59. The fourth-order valence-corrected chi connectivity index (χ4v) is 2.28. The molecule has 110 valence electrons. The van der Waals surface area contributed by atoms with Gasteiger partial charge in [0, 0.05) is 12.6 Å². The van der Waals surface area contributed by atoms with Crippen molar-refractivity contribution in [3.8, 4) is 0 Å². The number of carbonyl (C=O) groups excluding carboxylic acids is 1. The first-order chi connectivity index (χ1) is 8.91. The van der Waals surface area contributed by atoms with E-state index >= 15 is 0 Å². The standard InChI is InChI=1S/C12H22N2O5/c1-8(15)6-9-4-2-3-5-14(9)12(19)13-7-10(16)11(17)18/h8-10,15-16H,2-7H2,1H3,(H,13,19)(H,17,18)/t8?,9?,10-/m0/s1. The van der Waals surface area contributed by atoms with E-state index in [2.05, 4.69) is 5.32 Å². The lowest BCUT2D eigenvalue weighted by Crippen LogP contribution is -2.51. The molecule has 0 aromatic heterocycles. The fraction of sp³-hybridized carbons (Fsp3) is 0.833. The Balaban J connectivity index is 2.49. The maximum Gasteiger partial charge on any atom is 0.334 e. The quantitative estimate of drug-likeness (QED) is 0.553. The van der Waals surface area contributed by atoms with Crippen LogP contribution in [0, 0.1) is 0 Å². The average Bonchev–Trinajstić information content (AvgIpc) is 2.35. The highest BCUT2D eigenvalue weighted by Gasteiger charge is 2.28. The summed E-state index contributed by atoms with van der Waals surface area (Å²) in [5, 5.41) is 29.5. The molecule has 1 rings (SSSR count). The molecular formula is C12H22N2O5. The van der Waals surface area contributed by atoms with E-state index in [1.807, 2.05) is 0 Å². The van der Waals surface area contributed by atoms with E-state index in [-0.39, 0.29) is 18.6 Å². The molecule has 0 aromatic rings. The van der Waals surface area contributed by atoms with Gasteiger partial charge < -0.3 is 25.5 Å². The van der Waals surface area contributed by atoms with E-state index in [0.29, 0.717) is 13.0 Å². The number of hydrogen-bond donors (Lipinski definition) is 4. The summed E-state index contributed by atoms with van der Waals surface area (Å²) in [6.07, 6.45) is 1.17. The van der Waals surface area contributed by atoms with Crippen LogP contribution in [-0.2, 0) is 4.79 Å². The second-order valence-corrected chi connectivity index (χ2v) is 4.97. The number of carboxylic acid groups (broad SMARTS) is 1. The number of nitrogens with one attached hydrogen (secondary N) is 1. The van der Waals surface area contributed by atoms with Crippen molar-refractivity contribution in [1.29, 1.82) is 0 Å². The van der Waals surface area contributed by atoms with Crippen molar-refractivity contribution in [3.63, 3.8) is 0 Å². The molecule has 3 atom stereocenters. The molecule has 7 nitrogen and oxygen atoms in total. The van der Waals surface area contributed by atoms with E-state index in [4.69, 9.17) is 10.2 Å². The van der Waals surface area contributed by atoms with Crippen LogP contribution in [0.25, 0.3) is 0 Å². The van der Waals surface area contributed by atoms with Gasteiger partial charge in [0.15, 0.2) is 6.10 Å². The summed E-state index contributed by atoms with van der Waals surface area (Å²) in [4.78, 5) is 24.0. The zero-order chi connectivity index (χ0) is 14.4. The van der Waals surface area contributed by atoms with Crippen molar-refractivity contribution >= 4 is 12.0 Å². The molecule has 1 fully saturated rings. The molecule has 1 aliphatic rings. The van der Waals surface area contributed by atoms with Gasteiger partial charge in [-0.1, -0.05) is 0 Å². The van der Waals surface area contributed by atoms with Crippen LogP contribution >= 0.6 is 0 Å². The van der Waals surface area contributed by atoms with Gasteiger partial charge >= 0.3 is 12.0 Å². The first-order valence-corrected chi connectivity index (χ1v) is 6.55. The highest BCUT2D eigenvalue weighted by Crippen LogP contribution is 2.20. The van der Waals surface area contributed by atoms with Gasteiger partial charge in [0.2, 0.25) is 0 Å². The molecule has 1 heterocycles. The number of likely N-dealkylation sites (tertiary alicyclic amines) is 1. The second kappa shape index (κ2) is 7.30. The van der Waals surface area contributed by atoms with Crippen LogP contribution in [0.3, 0.4) is 0 Å². The number of urea groups is 1. The minimum absolute atomic E-state index is 0.0317. The molecule has 0 saturated carbocycles. The number of aliphatic carboxylic acids is 1. The normalized spacial score (nSPS) is 22.7. The molecule has 2 unspecified atom stereocenters. The number of rotatable bonds is 5. The first kappa shape index (κ1) is 15.7. The van der Waals surface area contributed by atoms with Gasteiger partial charge in [0.25, 0.3) is 0 Å². The number of amides is 2. The summed E-state index contributed by atoms with van der Waals surface area (Å²) >= 11 is 0. The zero-order valence-electron chi connectivity index (χ0n) is 11.1. The Labute approximate surface area is 112 Å². The largest absolute Gasteiger partial charge is 0.479 e. The van der Waals surface area contributed by atoms with Crippen molar-refractivity contribution in [1.82, 2.24) is 10.2 Å². The molecular weight excluding hydrogens is 252 g/mol. The molecule has 19 heavy (non-hydrogen) atoms. The van der Waals surface area contributed by atoms with Crippen LogP contribution in [0.5, 0.6) is 0 Å². The molecule has 0 aromatic carbocycles. The van der Waals surface area contributed by atoms with Gasteiger partial charge in [-0.15, -0.1) is 0 Å². The van der Waals surface area contributed by atoms with Crippen molar-refractivity contribution in [2.45, 2.75) is 50.9 Å². The van der Waals surface area contributed by atoms with Gasteiger partial charge in [-0.2, -0.15) is 0 Å². The molecule has 1 aliphatic heterocycles. The van der Waals surface area contributed by atoms with Crippen LogP contribution in [0.1, 0.15) is 32.6 Å². The van der Waals surface area contributed by atoms with E-state index < -0.39 is 18.2 Å². The Kier molecular flexibility index (Phi) is 6.04. The third-order valence-corrected chi connectivity index (χ3v) is 3.23. The number of nitrogens with zero attached hydrogens (tertiary/aromatic N) is 1. The van der Waals surface area contributed by atoms with Gasteiger partial charge in [0.1, 0.15) is 0 Å². The van der Waals surface area contributed by atoms with Crippen LogP contribution in [0.15, 0.2) is 0 Å². The van der Waals surface area contributed by atoms with Crippen LogP contribution in [-0.4, -0.2) is 63.6 Å². The molecule has 0 spiro atoms. The monoisotopic (exact) mass is 274 g/mol. The van der Waals surface area contributed by atoms with Crippen molar-refractivity contribution in [2.24, 2.45) is 0 Å². The maximum absolute atomic E-state index is 11.9. The van der Waals surface area contributed by atoms with E-state index in [1.54, 1.807) is 11.8 Å². The lowest BCUT2D eigenvalue weighted by atomic mass is 9.98. The summed E-state index contributed by atoms with van der Waals surface area (Å²) in [5.41, 5.74) is 0. The molecule has 0 radical (unpaired) electrons. The Hall–Kier alpha value is -1.34. The summed E-state index contributed by atoms with van der Waals surface area (Å²) < 4.78 is 0. The highest BCUT2D eigenvalue weighted by molar-refractivity contribution is 5.77. The lowest BCUT2D eigenvalue weighted by molar-refractivity contribution is -0.146. The van der Waals surface area contributed by atoms with Crippen LogP contribution in [0.2, 0.25) is 0 Å². The number of hydrogen-bond acceptors (Lipinski definition) is 4. The molecule has 0 aliphatic carbocycles. The summed E-state index contributed by atoms with van der Waals surface area (Å²) in [6, 6.07) is -0.415. The third kappa shape index (κ3) is 5.04. The molecule has 7 heteroatoms. The number of carboxylic acids is 1.